The van der Waals surface area contributed by atoms with Gasteiger partial charge in [0.1, 0.15) is 0 Å². The highest BCUT2D eigenvalue weighted by Gasteiger charge is 2.35. The fourth-order valence-corrected chi connectivity index (χ4v) is 3.22. The van der Waals surface area contributed by atoms with Crippen LogP contribution in [-0.4, -0.2) is 41.1 Å². The van der Waals surface area contributed by atoms with Gasteiger partial charge >= 0.3 is 5.97 Å². The minimum atomic E-state index is -0.995. The number of ether oxygens (including phenoxy) is 1. The second kappa shape index (κ2) is 7.83. The zero-order valence-electron chi connectivity index (χ0n) is 16.5. The van der Waals surface area contributed by atoms with Crippen molar-refractivity contribution in [3.05, 3.63) is 82.4 Å². The van der Waals surface area contributed by atoms with Gasteiger partial charge in [-0.15, -0.1) is 6.58 Å². The molecule has 0 radical (unpaired) electrons. The van der Waals surface area contributed by atoms with E-state index in [4.69, 9.17) is 4.74 Å². The highest BCUT2D eigenvalue weighted by atomic mass is 16.5. The third kappa shape index (κ3) is 3.74. The van der Waals surface area contributed by atoms with Gasteiger partial charge < -0.3 is 4.74 Å². The number of fused-ring (bicyclic) bond motifs is 1. The number of nitrogens with zero attached hydrogens (tertiary/aromatic N) is 1. The zero-order chi connectivity index (χ0) is 21.3. The van der Waals surface area contributed by atoms with Crippen LogP contribution in [0.4, 0.5) is 0 Å². The molecule has 148 valence electrons. The Hall–Kier alpha value is -3.54. The number of carbonyl (C=O) groups excluding carboxylic acids is 4. The minimum Gasteiger partial charge on any atom is -0.451 e. The average molecular weight is 391 g/mol. The van der Waals surface area contributed by atoms with Crippen molar-refractivity contribution in [3.8, 4) is 0 Å². The molecule has 0 spiro atoms. The van der Waals surface area contributed by atoms with Crippen molar-refractivity contribution < 1.29 is 23.9 Å². The van der Waals surface area contributed by atoms with Crippen LogP contribution in [0.3, 0.4) is 0 Å². The third-order valence-electron chi connectivity index (χ3n) is 4.83. The van der Waals surface area contributed by atoms with E-state index >= 15 is 0 Å². The summed E-state index contributed by atoms with van der Waals surface area (Å²) < 4.78 is 5.33. The molecular weight excluding hydrogens is 370 g/mol. The van der Waals surface area contributed by atoms with E-state index in [-0.39, 0.29) is 29.0 Å². The predicted molar refractivity (Wildman–Crippen MR) is 107 cm³/mol. The van der Waals surface area contributed by atoms with E-state index in [9.17, 15) is 19.2 Å². The standard InChI is InChI=1S/C23H21NO5/c1-5-10-24-21(26)17-9-8-16(12-19(17)22(24)27)23(28)29-15(4)20(25)18-11-13(2)6-7-14(18)3/h5-9,11-12,15H,1,10H2,2-4H3/t15-/m0/s1. The molecule has 6 heteroatoms. The van der Waals surface area contributed by atoms with Crippen molar-refractivity contribution in [1.29, 1.82) is 0 Å². The van der Waals surface area contributed by atoms with Gasteiger partial charge in [0.25, 0.3) is 11.8 Å². The lowest BCUT2D eigenvalue weighted by molar-refractivity contribution is 0.0318. The fourth-order valence-electron chi connectivity index (χ4n) is 3.22. The van der Waals surface area contributed by atoms with Gasteiger partial charge in [0.2, 0.25) is 5.78 Å². The average Bonchev–Trinajstić information content (AvgIpc) is 2.94. The molecule has 0 bridgehead atoms. The monoisotopic (exact) mass is 391 g/mol. The highest BCUT2D eigenvalue weighted by molar-refractivity contribution is 6.22. The number of rotatable bonds is 6. The molecule has 1 atom stereocenters. The normalized spacial score (nSPS) is 13.8. The number of esters is 1. The number of carbonyl (C=O) groups is 4. The van der Waals surface area contributed by atoms with Crippen LogP contribution in [0.25, 0.3) is 0 Å². The van der Waals surface area contributed by atoms with Crippen LogP contribution >= 0.6 is 0 Å². The van der Waals surface area contributed by atoms with Crippen LogP contribution in [0, 0.1) is 13.8 Å². The van der Waals surface area contributed by atoms with Gasteiger partial charge in [0.05, 0.1) is 16.7 Å². The Labute approximate surface area is 168 Å². The van der Waals surface area contributed by atoms with Crippen molar-refractivity contribution in [2.45, 2.75) is 26.9 Å². The molecule has 2 aromatic rings. The first-order chi connectivity index (χ1) is 13.7. The number of hydrogen-bond donors (Lipinski definition) is 0. The molecule has 0 N–H and O–H groups in total. The van der Waals surface area contributed by atoms with Crippen LogP contribution < -0.4 is 0 Å². The van der Waals surface area contributed by atoms with Crippen LogP contribution in [0.2, 0.25) is 0 Å². The van der Waals surface area contributed by atoms with Gasteiger partial charge in [0, 0.05) is 12.1 Å². The summed E-state index contributed by atoms with van der Waals surface area (Å²) in [4.78, 5) is 50.9. The van der Waals surface area contributed by atoms with E-state index in [0.717, 1.165) is 16.0 Å². The lowest BCUT2D eigenvalue weighted by Crippen LogP contribution is -2.29. The quantitative estimate of drug-likeness (QED) is 0.326. The topological polar surface area (TPSA) is 80.8 Å². The van der Waals surface area contributed by atoms with E-state index in [0.29, 0.717) is 5.56 Å². The Morgan fingerprint density at radius 2 is 1.76 bits per heavy atom. The van der Waals surface area contributed by atoms with Crippen LogP contribution in [0.1, 0.15) is 59.5 Å². The van der Waals surface area contributed by atoms with E-state index in [1.807, 2.05) is 26.0 Å². The number of aryl methyl sites for hydroxylation is 2. The Kier molecular flexibility index (Phi) is 5.46. The zero-order valence-corrected chi connectivity index (χ0v) is 16.5. The summed E-state index contributed by atoms with van der Waals surface area (Å²) in [6, 6.07) is 9.67. The molecule has 0 fully saturated rings. The Bertz CT molecular complexity index is 1050. The lowest BCUT2D eigenvalue weighted by atomic mass is 9.99. The molecule has 1 aliphatic rings. The maximum atomic E-state index is 12.7. The molecule has 0 saturated heterocycles. The first-order valence-electron chi connectivity index (χ1n) is 9.18. The summed E-state index contributed by atoms with van der Waals surface area (Å²) in [7, 11) is 0. The van der Waals surface area contributed by atoms with Crippen molar-refractivity contribution >= 4 is 23.6 Å². The maximum absolute atomic E-state index is 12.7. The summed E-state index contributed by atoms with van der Waals surface area (Å²) in [5, 5.41) is 0. The fraction of sp³-hybridized carbons (Fsp3) is 0.217. The molecule has 0 aliphatic carbocycles. The smallest absolute Gasteiger partial charge is 0.338 e. The molecule has 1 aliphatic heterocycles. The number of benzene rings is 2. The highest BCUT2D eigenvalue weighted by Crippen LogP contribution is 2.24. The Morgan fingerprint density at radius 1 is 1.07 bits per heavy atom. The first kappa shape index (κ1) is 20.2. The largest absolute Gasteiger partial charge is 0.451 e. The van der Waals surface area contributed by atoms with Crippen molar-refractivity contribution in [3.63, 3.8) is 0 Å². The summed E-state index contributed by atoms with van der Waals surface area (Å²) in [5.74, 6) is -1.95. The number of imide groups is 1. The molecule has 0 saturated carbocycles. The van der Waals surface area contributed by atoms with E-state index < -0.39 is 23.9 Å². The van der Waals surface area contributed by atoms with Crippen LogP contribution in [0.5, 0.6) is 0 Å². The van der Waals surface area contributed by atoms with Gasteiger partial charge in [-0.3, -0.25) is 19.3 Å². The molecule has 2 aromatic carbocycles. The van der Waals surface area contributed by atoms with Crippen molar-refractivity contribution in [2.75, 3.05) is 6.54 Å². The van der Waals surface area contributed by atoms with Gasteiger partial charge in [-0.2, -0.15) is 0 Å². The summed E-state index contributed by atoms with van der Waals surface area (Å²) >= 11 is 0. The number of ketones is 1. The summed E-state index contributed by atoms with van der Waals surface area (Å²) in [6.45, 7) is 8.83. The van der Waals surface area contributed by atoms with Crippen molar-refractivity contribution in [2.24, 2.45) is 0 Å². The first-order valence-corrected chi connectivity index (χ1v) is 9.18. The number of amides is 2. The molecule has 2 amide bonds. The second-order valence-electron chi connectivity index (χ2n) is 7.00. The summed E-state index contributed by atoms with van der Waals surface area (Å²) in [6.07, 6.45) is 0.461. The van der Waals surface area contributed by atoms with Crippen LogP contribution in [-0.2, 0) is 4.74 Å². The number of hydrogen-bond acceptors (Lipinski definition) is 5. The van der Waals surface area contributed by atoms with Gasteiger partial charge in [-0.05, 0) is 50.6 Å². The maximum Gasteiger partial charge on any atom is 0.338 e. The third-order valence-corrected chi connectivity index (χ3v) is 4.83. The summed E-state index contributed by atoms with van der Waals surface area (Å²) in [5.41, 5.74) is 2.70. The molecule has 3 rings (SSSR count). The van der Waals surface area contributed by atoms with Crippen LogP contribution in [0.15, 0.2) is 49.1 Å². The molecule has 0 aromatic heterocycles. The molecule has 29 heavy (non-hydrogen) atoms. The number of Topliss-reactive ketones (excluding diaryl/α,β-unsaturated/α-hetero) is 1. The minimum absolute atomic E-state index is 0.0908. The Balaban J connectivity index is 1.79. The van der Waals surface area contributed by atoms with E-state index in [1.165, 1.54) is 31.2 Å². The molecule has 1 heterocycles. The van der Waals surface area contributed by atoms with Gasteiger partial charge in [-0.25, -0.2) is 4.79 Å². The predicted octanol–water partition coefficient (Wildman–Crippen LogP) is 3.51. The molecular formula is C23H21NO5. The lowest BCUT2D eigenvalue weighted by Gasteiger charge is -2.14. The van der Waals surface area contributed by atoms with Gasteiger partial charge in [-0.1, -0.05) is 23.8 Å². The van der Waals surface area contributed by atoms with E-state index in [1.54, 1.807) is 6.07 Å². The van der Waals surface area contributed by atoms with E-state index in [2.05, 4.69) is 6.58 Å². The molecule has 6 nitrogen and oxygen atoms in total. The molecule has 0 unspecified atom stereocenters. The van der Waals surface area contributed by atoms with Gasteiger partial charge in [0.15, 0.2) is 6.10 Å². The SMILES string of the molecule is C=CCN1C(=O)c2ccc(C(=O)O[C@@H](C)C(=O)c3cc(C)ccc3C)cc2C1=O. The second-order valence-corrected chi connectivity index (χ2v) is 7.00. The van der Waals surface area contributed by atoms with Crippen molar-refractivity contribution in [1.82, 2.24) is 4.90 Å². The Morgan fingerprint density at radius 3 is 2.45 bits per heavy atom.